The summed E-state index contributed by atoms with van der Waals surface area (Å²) in [6, 6.07) is 16.0. The van der Waals surface area contributed by atoms with Crippen molar-refractivity contribution in [1.29, 1.82) is 0 Å². The van der Waals surface area contributed by atoms with Crippen molar-refractivity contribution >= 4 is 35.0 Å². The van der Waals surface area contributed by atoms with Crippen LogP contribution >= 0.6 is 11.8 Å². The fourth-order valence-electron chi connectivity index (χ4n) is 4.10. The lowest BCUT2D eigenvalue weighted by atomic mass is 9.88. The Kier molecular flexibility index (Phi) is 5.72. The minimum atomic E-state index is -0.0308. The van der Waals surface area contributed by atoms with Crippen LogP contribution in [0, 0.1) is 12.8 Å². The number of nitrogens with one attached hydrogen (secondary N) is 1. The van der Waals surface area contributed by atoms with Gasteiger partial charge in [0.15, 0.2) is 0 Å². The fourth-order valence-corrected chi connectivity index (χ4v) is 5.27. The number of hydrogen-bond acceptors (Lipinski definition) is 3. The summed E-state index contributed by atoms with van der Waals surface area (Å²) in [5, 5.41) is 3.03. The molecule has 1 N–H and O–H groups in total. The number of thioether (sulfide) groups is 1. The maximum absolute atomic E-state index is 12.5. The molecule has 146 valence electrons. The van der Waals surface area contributed by atoms with E-state index < -0.39 is 0 Å². The van der Waals surface area contributed by atoms with Crippen molar-refractivity contribution in [3.63, 3.8) is 0 Å². The number of hydrogen-bond donors (Lipinski definition) is 1. The molecule has 1 saturated carbocycles. The molecule has 2 amide bonds. The molecule has 2 aromatic carbocycles. The Morgan fingerprint density at radius 1 is 1.04 bits per heavy atom. The van der Waals surface area contributed by atoms with Crippen molar-refractivity contribution in [3.8, 4) is 0 Å². The number of aryl methyl sites for hydroxylation is 1. The summed E-state index contributed by atoms with van der Waals surface area (Å²) in [5.74, 6) is 0.908. The van der Waals surface area contributed by atoms with Crippen LogP contribution < -0.4 is 10.2 Å². The third-order valence-corrected chi connectivity index (χ3v) is 6.89. The number of carbonyl (C=O) groups is 2. The van der Waals surface area contributed by atoms with Crippen molar-refractivity contribution in [1.82, 2.24) is 0 Å². The Morgan fingerprint density at radius 3 is 2.46 bits per heavy atom. The van der Waals surface area contributed by atoms with E-state index in [9.17, 15) is 9.59 Å². The Morgan fingerprint density at radius 2 is 1.75 bits per heavy atom. The second-order valence-corrected chi connectivity index (χ2v) is 8.73. The average molecular weight is 395 g/mol. The van der Waals surface area contributed by atoms with E-state index in [0.717, 1.165) is 48.2 Å². The molecule has 2 fully saturated rings. The second-order valence-electron chi connectivity index (χ2n) is 7.66. The zero-order chi connectivity index (χ0) is 19.5. The molecule has 0 radical (unpaired) electrons. The maximum Gasteiger partial charge on any atom is 0.238 e. The van der Waals surface area contributed by atoms with Crippen LogP contribution in [0.2, 0.25) is 0 Å². The molecule has 0 spiro atoms. The molecule has 4 nitrogen and oxygen atoms in total. The number of nitrogens with zero attached hydrogens (tertiary/aromatic N) is 1. The third-order valence-electron chi connectivity index (χ3n) is 5.68. The highest BCUT2D eigenvalue weighted by Crippen LogP contribution is 2.42. The van der Waals surface area contributed by atoms with E-state index in [1.54, 1.807) is 11.8 Å². The van der Waals surface area contributed by atoms with Crippen LogP contribution in [-0.2, 0) is 9.59 Å². The zero-order valence-electron chi connectivity index (χ0n) is 16.2. The molecule has 1 saturated heterocycles. The van der Waals surface area contributed by atoms with Crippen LogP contribution in [0.5, 0.6) is 0 Å². The van der Waals surface area contributed by atoms with Gasteiger partial charge in [-0.2, -0.15) is 0 Å². The Labute approximate surface area is 170 Å². The quantitative estimate of drug-likeness (QED) is 0.766. The Bertz CT molecular complexity index is 859. The fraction of sp³-hybridized carbons (Fsp3) is 0.391. The van der Waals surface area contributed by atoms with Gasteiger partial charge in [0.2, 0.25) is 11.8 Å². The van der Waals surface area contributed by atoms with E-state index in [2.05, 4.69) is 5.32 Å². The summed E-state index contributed by atoms with van der Waals surface area (Å²) >= 11 is 1.65. The first kappa shape index (κ1) is 19.1. The van der Waals surface area contributed by atoms with Crippen LogP contribution in [0.15, 0.2) is 48.5 Å². The molecule has 4 rings (SSSR count). The van der Waals surface area contributed by atoms with Gasteiger partial charge in [-0.15, -0.1) is 11.8 Å². The van der Waals surface area contributed by atoms with Crippen molar-refractivity contribution in [2.75, 3.05) is 16.0 Å². The minimum absolute atomic E-state index is 0.0308. The molecule has 1 aliphatic carbocycles. The SMILES string of the molecule is Cc1ccccc1N1C(=O)CS[C@H]1c1ccc(NC(=O)C2CCCCC2)cc1. The van der Waals surface area contributed by atoms with Gasteiger partial charge >= 0.3 is 0 Å². The number of para-hydroxylation sites is 1. The largest absolute Gasteiger partial charge is 0.326 e. The summed E-state index contributed by atoms with van der Waals surface area (Å²) in [4.78, 5) is 26.9. The molecule has 28 heavy (non-hydrogen) atoms. The number of benzene rings is 2. The molecular weight excluding hydrogens is 368 g/mol. The van der Waals surface area contributed by atoms with E-state index >= 15 is 0 Å². The second kappa shape index (κ2) is 8.39. The van der Waals surface area contributed by atoms with E-state index in [0.29, 0.717) is 5.75 Å². The van der Waals surface area contributed by atoms with E-state index in [4.69, 9.17) is 0 Å². The minimum Gasteiger partial charge on any atom is -0.326 e. The molecule has 5 heteroatoms. The lowest BCUT2D eigenvalue weighted by Crippen LogP contribution is -2.28. The summed E-state index contributed by atoms with van der Waals surface area (Å²) in [5.41, 5.74) is 3.97. The first-order valence-electron chi connectivity index (χ1n) is 10.0. The van der Waals surface area contributed by atoms with Crippen LogP contribution in [0.1, 0.15) is 48.6 Å². The molecule has 0 aromatic heterocycles. The molecule has 0 bridgehead atoms. The van der Waals surface area contributed by atoms with Crippen molar-refractivity contribution in [2.45, 2.75) is 44.4 Å². The van der Waals surface area contributed by atoms with Gasteiger partial charge in [0.1, 0.15) is 5.37 Å². The highest BCUT2D eigenvalue weighted by atomic mass is 32.2. The van der Waals surface area contributed by atoms with Gasteiger partial charge in [-0.3, -0.25) is 14.5 Å². The topological polar surface area (TPSA) is 49.4 Å². The summed E-state index contributed by atoms with van der Waals surface area (Å²) in [7, 11) is 0. The predicted molar refractivity (Wildman–Crippen MR) is 116 cm³/mol. The summed E-state index contributed by atoms with van der Waals surface area (Å²) in [6.45, 7) is 2.03. The van der Waals surface area contributed by atoms with Gasteiger partial charge in [-0.05, 0) is 49.1 Å². The monoisotopic (exact) mass is 394 g/mol. The number of amides is 2. The lowest BCUT2D eigenvalue weighted by Gasteiger charge is -2.26. The zero-order valence-corrected chi connectivity index (χ0v) is 17.0. The van der Waals surface area contributed by atoms with E-state index in [1.165, 1.54) is 6.42 Å². The molecule has 0 unspecified atom stereocenters. The standard InChI is InChI=1S/C23H26N2O2S/c1-16-7-5-6-10-20(16)25-21(26)15-28-23(25)18-11-13-19(14-12-18)24-22(27)17-8-3-2-4-9-17/h5-7,10-14,17,23H,2-4,8-9,15H2,1H3,(H,24,27)/t23-/m0/s1. The van der Waals surface area contributed by atoms with Gasteiger partial charge in [0.05, 0.1) is 5.75 Å². The third kappa shape index (κ3) is 3.95. The molecule has 2 aliphatic rings. The molecular formula is C23H26N2O2S. The molecule has 2 aromatic rings. The number of anilines is 2. The van der Waals surface area contributed by atoms with Crippen LogP contribution in [0.3, 0.4) is 0 Å². The first-order valence-corrected chi connectivity index (χ1v) is 11.1. The smallest absolute Gasteiger partial charge is 0.238 e. The van der Waals surface area contributed by atoms with Crippen LogP contribution in [0.25, 0.3) is 0 Å². The first-order chi connectivity index (χ1) is 13.6. The molecule has 1 aliphatic heterocycles. The highest BCUT2D eigenvalue weighted by Gasteiger charge is 2.34. The van der Waals surface area contributed by atoms with Crippen molar-refractivity contribution in [2.24, 2.45) is 5.92 Å². The van der Waals surface area contributed by atoms with Crippen LogP contribution in [-0.4, -0.2) is 17.6 Å². The van der Waals surface area contributed by atoms with Gasteiger partial charge in [0, 0.05) is 17.3 Å². The van der Waals surface area contributed by atoms with E-state index in [-0.39, 0.29) is 23.1 Å². The van der Waals surface area contributed by atoms with Crippen molar-refractivity contribution in [3.05, 3.63) is 59.7 Å². The summed E-state index contributed by atoms with van der Waals surface area (Å²) in [6.07, 6.45) is 5.54. The Balaban J connectivity index is 1.49. The van der Waals surface area contributed by atoms with Gasteiger partial charge < -0.3 is 5.32 Å². The summed E-state index contributed by atoms with van der Waals surface area (Å²) < 4.78 is 0. The Hall–Kier alpha value is -2.27. The highest BCUT2D eigenvalue weighted by molar-refractivity contribution is 8.00. The lowest BCUT2D eigenvalue weighted by molar-refractivity contribution is -0.120. The average Bonchev–Trinajstić information content (AvgIpc) is 3.11. The molecule has 1 atom stereocenters. The van der Waals surface area contributed by atoms with Crippen LogP contribution in [0.4, 0.5) is 11.4 Å². The number of carbonyl (C=O) groups excluding carboxylic acids is 2. The van der Waals surface area contributed by atoms with E-state index in [1.807, 2.05) is 60.4 Å². The van der Waals surface area contributed by atoms with Gasteiger partial charge in [-0.1, -0.05) is 49.6 Å². The van der Waals surface area contributed by atoms with Gasteiger partial charge in [-0.25, -0.2) is 0 Å². The predicted octanol–water partition coefficient (Wildman–Crippen LogP) is 5.29. The molecule has 1 heterocycles. The normalized spacial score (nSPS) is 20.4. The maximum atomic E-state index is 12.5. The van der Waals surface area contributed by atoms with Gasteiger partial charge in [0.25, 0.3) is 0 Å². The van der Waals surface area contributed by atoms with Crippen molar-refractivity contribution < 1.29 is 9.59 Å². The number of rotatable bonds is 4.